The van der Waals surface area contributed by atoms with E-state index in [1.165, 1.54) is 5.56 Å². The lowest BCUT2D eigenvalue weighted by Gasteiger charge is -2.30. The van der Waals surface area contributed by atoms with Gasteiger partial charge in [0.2, 0.25) is 5.91 Å². The van der Waals surface area contributed by atoms with E-state index in [0.29, 0.717) is 25.3 Å². The molecule has 0 aliphatic carbocycles. The van der Waals surface area contributed by atoms with Crippen LogP contribution in [0.3, 0.4) is 0 Å². The average Bonchev–Trinajstić information content (AvgIpc) is 3.27. The summed E-state index contributed by atoms with van der Waals surface area (Å²) in [6.07, 6.45) is 2.03. The summed E-state index contributed by atoms with van der Waals surface area (Å²) in [5.41, 5.74) is 2.79. The fourth-order valence-corrected chi connectivity index (χ4v) is 4.01. The first-order valence-corrected chi connectivity index (χ1v) is 12.2. The van der Waals surface area contributed by atoms with Crippen LogP contribution in [0.25, 0.3) is 0 Å². The minimum Gasteiger partial charge on any atom is -0.383 e. The van der Waals surface area contributed by atoms with Crippen molar-refractivity contribution in [1.82, 2.24) is 14.4 Å². The van der Waals surface area contributed by atoms with Crippen molar-refractivity contribution in [3.63, 3.8) is 0 Å². The normalized spacial score (nSPS) is 11.0. The molecular weight excluding hydrogens is 494 g/mol. The van der Waals surface area contributed by atoms with Crippen LogP contribution in [0.15, 0.2) is 77.4 Å². The SMILES string of the molecule is COCCN(CC(=O)N(Cc1cccn1Cc1ccccc1)C(C)C)C(=O)c1ccc(Br)cc1. The Morgan fingerprint density at radius 2 is 1.71 bits per heavy atom. The summed E-state index contributed by atoms with van der Waals surface area (Å²) < 4.78 is 8.25. The van der Waals surface area contributed by atoms with Crippen LogP contribution in [-0.4, -0.2) is 59.0 Å². The van der Waals surface area contributed by atoms with Crippen molar-refractivity contribution in [2.75, 3.05) is 26.8 Å². The molecule has 3 rings (SSSR count). The van der Waals surface area contributed by atoms with Crippen molar-refractivity contribution in [2.24, 2.45) is 0 Å². The first kappa shape index (κ1) is 25.7. The Morgan fingerprint density at radius 1 is 1.00 bits per heavy atom. The molecule has 0 bridgehead atoms. The molecule has 0 aliphatic rings. The number of halogens is 1. The molecule has 1 aromatic heterocycles. The number of aromatic nitrogens is 1. The Labute approximate surface area is 210 Å². The molecule has 0 saturated carbocycles. The number of hydrogen-bond acceptors (Lipinski definition) is 3. The van der Waals surface area contributed by atoms with Crippen molar-refractivity contribution in [3.05, 3.63) is 94.2 Å². The van der Waals surface area contributed by atoms with Crippen molar-refractivity contribution in [1.29, 1.82) is 0 Å². The number of carbonyl (C=O) groups is 2. The highest BCUT2D eigenvalue weighted by Gasteiger charge is 2.24. The maximum Gasteiger partial charge on any atom is 0.254 e. The summed E-state index contributed by atoms with van der Waals surface area (Å²) in [7, 11) is 1.59. The van der Waals surface area contributed by atoms with Gasteiger partial charge in [-0.1, -0.05) is 46.3 Å². The standard InChI is InChI=1S/C27H32BrN3O3/c1-21(2)31(19-25-10-7-15-29(25)18-22-8-5-4-6-9-22)26(32)20-30(16-17-34-3)27(33)23-11-13-24(28)14-12-23/h4-15,21H,16-20H2,1-3H3. The van der Waals surface area contributed by atoms with E-state index in [4.69, 9.17) is 4.74 Å². The number of nitrogens with zero attached hydrogens (tertiary/aromatic N) is 3. The highest BCUT2D eigenvalue weighted by molar-refractivity contribution is 9.10. The lowest BCUT2D eigenvalue weighted by molar-refractivity contribution is -0.134. The predicted molar refractivity (Wildman–Crippen MR) is 138 cm³/mol. The Balaban J connectivity index is 1.74. The summed E-state index contributed by atoms with van der Waals surface area (Å²) >= 11 is 3.40. The van der Waals surface area contributed by atoms with Crippen LogP contribution >= 0.6 is 15.9 Å². The van der Waals surface area contributed by atoms with Gasteiger partial charge in [0.1, 0.15) is 6.54 Å². The highest BCUT2D eigenvalue weighted by atomic mass is 79.9. The number of ether oxygens (including phenoxy) is 1. The molecule has 2 aromatic carbocycles. The number of hydrogen-bond donors (Lipinski definition) is 0. The van der Waals surface area contributed by atoms with E-state index in [1.807, 2.05) is 67.4 Å². The van der Waals surface area contributed by atoms with E-state index in [1.54, 1.807) is 24.1 Å². The molecule has 0 saturated heterocycles. The quantitative estimate of drug-likeness (QED) is 0.360. The molecule has 0 radical (unpaired) electrons. The average molecular weight is 526 g/mol. The number of methoxy groups -OCH3 is 1. The van der Waals surface area contributed by atoms with E-state index in [0.717, 1.165) is 16.7 Å². The molecule has 6 nitrogen and oxygen atoms in total. The monoisotopic (exact) mass is 525 g/mol. The minimum absolute atomic E-state index is 0.00414. The predicted octanol–water partition coefficient (Wildman–Crippen LogP) is 4.82. The lowest BCUT2D eigenvalue weighted by Crippen LogP contribution is -2.46. The van der Waals surface area contributed by atoms with Crippen LogP contribution in [0, 0.1) is 0 Å². The molecule has 0 aliphatic heterocycles. The third-order valence-corrected chi connectivity index (χ3v) is 6.19. The molecule has 0 atom stereocenters. The third kappa shape index (κ3) is 7.05. The van der Waals surface area contributed by atoms with Gasteiger partial charge in [-0.2, -0.15) is 0 Å². The molecule has 3 aromatic rings. The number of carbonyl (C=O) groups excluding carboxylic acids is 2. The van der Waals surface area contributed by atoms with E-state index in [2.05, 4.69) is 32.6 Å². The number of rotatable bonds is 11. The summed E-state index contributed by atoms with van der Waals surface area (Å²) in [6, 6.07) is 21.4. The molecule has 0 spiro atoms. The van der Waals surface area contributed by atoms with Crippen LogP contribution in [0.2, 0.25) is 0 Å². The van der Waals surface area contributed by atoms with Crippen LogP contribution < -0.4 is 0 Å². The van der Waals surface area contributed by atoms with Gasteiger partial charge in [-0.3, -0.25) is 9.59 Å². The Kier molecular flexibility index (Phi) is 9.48. The number of benzene rings is 2. The molecule has 0 fully saturated rings. The van der Waals surface area contributed by atoms with Gasteiger partial charge in [0.05, 0.1) is 13.2 Å². The molecule has 180 valence electrons. The molecule has 34 heavy (non-hydrogen) atoms. The van der Waals surface area contributed by atoms with Gasteiger partial charge in [0.15, 0.2) is 0 Å². The second kappa shape index (κ2) is 12.5. The van der Waals surface area contributed by atoms with Gasteiger partial charge < -0.3 is 19.1 Å². The first-order chi connectivity index (χ1) is 16.4. The Morgan fingerprint density at radius 3 is 2.35 bits per heavy atom. The van der Waals surface area contributed by atoms with Crippen molar-refractivity contribution in [2.45, 2.75) is 33.0 Å². The summed E-state index contributed by atoms with van der Waals surface area (Å²) in [5.74, 6) is -0.280. The molecule has 1 heterocycles. The van der Waals surface area contributed by atoms with Gasteiger partial charge in [-0.05, 0) is 55.8 Å². The van der Waals surface area contributed by atoms with Gasteiger partial charge in [-0.15, -0.1) is 0 Å². The second-order valence-corrected chi connectivity index (χ2v) is 9.37. The van der Waals surface area contributed by atoms with Crippen molar-refractivity contribution >= 4 is 27.7 Å². The summed E-state index contributed by atoms with van der Waals surface area (Å²) in [6.45, 7) is 5.91. The minimum atomic E-state index is -0.186. The summed E-state index contributed by atoms with van der Waals surface area (Å²) in [5, 5.41) is 0. The van der Waals surface area contributed by atoms with Gasteiger partial charge in [0, 0.05) is 48.2 Å². The molecule has 0 unspecified atom stereocenters. The van der Waals surface area contributed by atoms with Crippen LogP contribution in [0.4, 0.5) is 0 Å². The van der Waals surface area contributed by atoms with E-state index in [9.17, 15) is 9.59 Å². The smallest absolute Gasteiger partial charge is 0.254 e. The largest absolute Gasteiger partial charge is 0.383 e. The zero-order valence-electron chi connectivity index (χ0n) is 20.0. The fourth-order valence-electron chi connectivity index (χ4n) is 3.74. The lowest BCUT2D eigenvalue weighted by atomic mass is 10.2. The van der Waals surface area contributed by atoms with Gasteiger partial charge >= 0.3 is 0 Å². The zero-order chi connectivity index (χ0) is 24.5. The van der Waals surface area contributed by atoms with E-state index < -0.39 is 0 Å². The Hall–Kier alpha value is -2.90. The molecule has 7 heteroatoms. The highest BCUT2D eigenvalue weighted by Crippen LogP contribution is 2.15. The van der Waals surface area contributed by atoms with Crippen molar-refractivity contribution in [3.8, 4) is 0 Å². The molecule has 2 amide bonds. The summed E-state index contributed by atoms with van der Waals surface area (Å²) in [4.78, 5) is 30.0. The van der Waals surface area contributed by atoms with Crippen LogP contribution in [-0.2, 0) is 22.6 Å². The Bertz CT molecular complexity index is 1060. The van der Waals surface area contributed by atoms with Crippen LogP contribution in [0.5, 0.6) is 0 Å². The van der Waals surface area contributed by atoms with Crippen LogP contribution in [0.1, 0.15) is 35.5 Å². The number of amides is 2. The molecular formula is C27H32BrN3O3. The topological polar surface area (TPSA) is 54.8 Å². The van der Waals surface area contributed by atoms with E-state index in [-0.39, 0.29) is 24.4 Å². The zero-order valence-corrected chi connectivity index (χ0v) is 21.6. The van der Waals surface area contributed by atoms with Gasteiger partial charge in [-0.25, -0.2) is 0 Å². The van der Waals surface area contributed by atoms with Gasteiger partial charge in [0.25, 0.3) is 5.91 Å². The van der Waals surface area contributed by atoms with Crippen molar-refractivity contribution < 1.29 is 14.3 Å². The maximum atomic E-state index is 13.4. The molecule has 0 N–H and O–H groups in total. The third-order valence-electron chi connectivity index (χ3n) is 5.67. The first-order valence-electron chi connectivity index (χ1n) is 11.4. The fraction of sp³-hybridized carbons (Fsp3) is 0.333. The second-order valence-electron chi connectivity index (χ2n) is 8.45. The van der Waals surface area contributed by atoms with E-state index >= 15 is 0 Å². The maximum absolute atomic E-state index is 13.4.